The lowest BCUT2D eigenvalue weighted by Gasteiger charge is -2.26. The summed E-state index contributed by atoms with van der Waals surface area (Å²) in [5.74, 6) is 1.11. The predicted molar refractivity (Wildman–Crippen MR) is 91.0 cm³/mol. The number of para-hydroxylation sites is 1. The number of nitro groups is 1. The van der Waals surface area contributed by atoms with Gasteiger partial charge in [0.05, 0.1) is 22.4 Å². The number of non-ortho nitro benzene ring substituents is 1. The van der Waals surface area contributed by atoms with Crippen molar-refractivity contribution < 1.29 is 23.6 Å². The van der Waals surface area contributed by atoms with E-state index >= 15 is 0 Å². The van der Waals surface area contributed by atoms with Crippen molar-refractivity contribution in [1.29, 1.82) is 0 Å². The molecule has 1 aromatic heterocycles. The van der Waals surface area contributed by atoms with Gasteiger partial charge in [-0.05, 0) is 18.2 Å². The Morgan fingerprint density at radius 2 is 2.00 bits per heavy atom. The van der Waals surface area contributed by atoms with Gasteiger partial charge in [-0.1, -0.05) is 12.1 Å². The summed E-state index contributed by atoms with van der Waals surface area (Å²) >= 11 is 0. The third-order valence-electron chi connectivity index (χ3n) is 3.89. The van der Waals surface area contributed by atoms with E-state index in [1.807, 2.05) is 6.07 Å². The second-order valence-electron chi connectivity index (χ2n) is 5.68. The smallest absolute Gasteiger partial charge is 0.339 e. The van der Waals surface area contributed by atoms with E-state index in [9.17, 15) is 14.9 Å². The van der Waals surface area contributed by atoms with Crippen molar-refractivity contribution in [3.05, 3.63) is 69.1 Å². The molecular weight excluding hydrogens is 342 g/mol. The molecule has 2 heterocycles. The number of benzene rings is 2. The monoisotopic (exact) mass is 355 g/mol. The lowest BCUT2D eigenvalue weighted by molar-refractivity contribution is -0.385. The molecule has 4 rings (SSSR count). The van der Waals surface area contributed by atoms with Gasteiger partial charge < -0.3 is 18.6 Å². The van der Waals surface area contributed by atoms with Gasteiger partial charge >= 0.3 is 5.63 Å². The van der Waals surface area contributed by atoms with Crippen LogP contribution in [0.25, 0.3) is 11.0 Å². The largest absolute Gasteiger partial charge is 0.489 e. The van der Waals surface area contributed by atoms with Gasteiger partial charge in [0, 0.05) is 6.07 Å². The van der Waals surface area contributed by atoms with Crippen LogP contribution in [-0.2, 0) is 0 Å². The first-order valence-electron chi connectivity index (χ1n) is 7.84. The van der Waals surface area contributed by atoms with Crippen LogP contribution in [0.3, 0.4) is 0 Å². The maximum absolute atomic E-state index is 11.7. The van der Waals surface area contributed by atoms with Gasteiger partial charge in [-0.25, -0.2) is 4.79 Å². The van der Waals surface area contributed by atoms with Crippen molar-refractivity contribution in [2.45, 2.75) is 6.10 Å². The van der Waals surface area contributed by atoms with Crippen LogP contribution in [0.5, 0.6) is 17.2 Å². The van der Waals surface area contributed by atoms with Crippen molar-refractivity contribution in [1.82, 2.24) is 0 Å². The van der Waals surface area contributed by atoms with Gasteiger partial charge in [0.15, 0.2) is 17.6 Å². The standard InChI is InChI=1S/C18H13NO7/c20-18-8-16(13-3-1-2-4-14(13)26-18)24-10-12-9-23-15-6-5-11(19(21)22)7-17(15)25-12/h1-8,12H,9-10H2. The van der Waals surface area contributed by atoms with E-state index in [1.54, 1.807) is 18.2 Å². The predicted octanol–water partition coefficient (Wildman–Crippen LogP) is 2.92. The van der Waals surface area contributed by atoms with Crippen LogP contribution in [0.2, 0.25) is 0 Å². The summed E-state index contributed by atoms with van der Waals surface area (Å²) in [4.78, 5) is 22.0. The molecule has 26 heavy (non-hydrogen) atoms. The molecule has 3 aromatic rings. The maximum Gasteiger partial charge on any atom is 0.339 e. The van der Waals surface area contributed by atoms with Crippen LogP contribution < -0.4 is 19.8 Å². The van der Waals surface area contributed by atoms with Crippen molar-refractivity contribution in [3.8, 4) is 17.2 Å². The Morgan fingerprint density at radius 3 is 2.85 bits per heavy atom. The molecule has 0 bridgehead atoms. The second-order valence-corrected chi connectivity index (χ2v) is 5.68. The summed E-state index contributed by atoms with van der Waals surface area (Å²) in [6.45, 7) is 0.333. The number of rotatable bonds is 4. The lowest BCUT2D eigenvalue weighted by atomic mass is 10.2. The number of nitro benzene ring substituents is 1. The van der Waals surface area contributed by atoms with E-state index in [-0.39, 0.29) is 24.7 Å². The topological polar surface area (TPSA) is 101 Å². The normalized spacial score (nSPS) is 15.6. The molecule has 1 aliphatic heterocycles. The fourth-order valence-electron chi connectivity index (χ4n) is 2.68. The minimum atomic E-state index is -0.513. The molecule has 132 valence electrons. The Hall–Kier alpha value is -3.55. The Morgan fingerprint density at radius 1 is 1.15 bits per heavy atom. The minimum absolute atomic E-state index is 0.0828. The highest BCUT2D eigenvalue weighted by molar-refractivity contribution is 5.82. The first kappa shape index (κ1) is 15.9. The third kappa shape index (κ3) is 3.04. The fourth-order valence-corrected chi connectivity index (χ4v) is 2.68. The summed E-state index contributed by atoms with van der Waals surface area (Å²) < 4.78 is 22.1. The van der Waals surface area contributed by atoms with E-state index in [1.165, 1.54) is 24.3 Å². The molecule has 1 unspecified atom stereocenters. The molecule has 0 amide bonds. The highest BCUT2D eigenvalue weighted by Crippen LogP contribution is 2.35. The average Bonchev–Trinajstić information content (AvgIpc) is 2.65. The van der Waals surface area contributed by atoms with Gasteiger partial charge in [-0.15, -0.1) is 0 Å². The molecule has 0 aliphatic carbocycles. The highest BCUT2D eigenvalue weighted by Gasteiger charge is 2.24. The van der Waals surface area contributed by atoms with Crippen molar-refractivity contribution in [2.24, 2.45) is 0 Å². The van der Waals surface area contributed by atoms with Gasteiger partial charge in [0.2, 0.25) is 0 Å². The zero-order valence-corrected chi connectivity index (χ0v) is 13.4. The van der Waals surface area contributed by atoms with Crippen LogP contribution in [-0.4, -0.2) is 24.2 Å². The Labute approximate surface area is 146 Å². The molecule has 8 heteroatoms. The lowest BCUT2D eigenvalue weighted by Crippen LogP contribution is -2.34. The number of nitrogens with zero attached hydrogens (tertiary/aromatic N) is 1. The molecule has 0 radical (unpaired) electrons. The Balaban J connectivity index is 1.52. The van der Waals surface area contributed by atoms with E-state index in [0.717, 1.165) is 0 Å². The van der Waals surface area contributed by atoms with E-state index in [0.29, 0.717) is 22.5 Å². The van der Waals surface area contributed by atoms with E-state index < -0.39 is 16.7 Å². The summed E-state index contributed by atoms with van der Waals surface area (Å²) in [6, 6.07) is 12.5. The van der Waals surface area contributed by atoms with Gasteiger partial charge in [-0.3, -0.25) is 10.1 Å². The van der Waals surface area contributed by atoms with Crippen LogP contribution >= 0.6 is 0 Å². The molecule has 1 atom stereocenters. The first-order chi connectivity index (χ1) is 12.6. The zero-order valence-electron chi connectivity index (χ0n) is 13.4. The summed E-state index contributed by atoms with van der Waals surface area (Å²) in [7, 11) is 0. The molecule has 1 aliphatic rings. The summed E-state index contributed by atoms with van der Waals surface area (Å²) in [5, 5.41) is 11.5. The number of ether oxygens (including phenoxy) is 3. The Bertz CT molecular complexity index is 1040. The molecule has 0 saturated heterocycles. The summed E-state index contributed by atoms with van der Waals surface area (Å²) in [5.41, 5.74) is -0.169. The van der Waals surface area contributed by atoms with Crippen LogP contribution in [0.15, 0.2) is 57.7 Å². The first-order valence-corrected chi connectivity index (χ1v) is 7.84. The van der Waals surface area contributed by atoms with Crippen LogP contribution in [0, 0.1) is 10.1 Å². The van der Waals surface area contributed by atoms with Gasteiger partial charge in [0.1, 0.15) is 24.5 Å². The van der Waals surface area contributed by atoms with Crippen molar-refractivity contribution >= 4 is 16.7 Å². The molecular formula is C18H13NO7. The van der Waals surface area contributed by atoms with Crippen molar-refractivity contribution in [3.63, 3.8) is 0 Å². The van der Waals surface area contributed by atoms with E-state index in [2.05, 4.69) is 0 Å². The van der Waals surface area contributed by atoms with Crippen molar-refractivity contribution in [2.75, 3.05) is 13.2 Å². The number of hydrogen-bond acceptors (Lipinski definition) is 7. The molecule has 0 saturated carbocycles. The molecule has 8 nitrogen and oxygen atoms in total. The molecule has 2 aromatic carbocycles. The summed E-state index contributed by atoms with van der Waals surface area (Å²) in [6.07, 6.45) is -0.476. The van der Waals surface area contributed by atoms with Gasteiger partial charge in [0.25, 0.3) is 5.69 Å². The van der Waals surface area contributed by atoms with Crippen LogP contribution in [0.1, 0.15) is 0 Å². The number of hydrogen-bond donors (Lipinski definition) is 0. The quantitative estimate of drug-likeness (QED) is 0.403. The average molecular weight is 355 g/mol. The second kappa shape index (κ2) is 6.40. The van der Waals surface area contributed by atoms with E-state index in [4.69, 9.17) is 18.6 Å². The highest BCUT2D eigenvalue weighted by atomic mass is 16.6. The SMILES string of the molecule is O=c1cc(OCC2COc3ccc([N+](=O)[O-])cc3O2)c2ccccc2o1. The Kier molecular flexibility index (Phi) is 3.92. The molecule has 0 spiro atoms. The maximum atomic E-state index is 11.7. The molecule has 0 N–H and O–H groups in total. The fraction of sp³-hybridized carbons (Fsp3) is 0.167. The third-order valence-corrected chi connectivity index (χ3v) is 3.89. The molecule has 0 fully saturated rings. The minimum Gasteiger partial charge on any atom is -0.489 e. The zero-order chi connectivity index (χ0) is 18.1. The number of fused-ring (bicyclic) bond motifs is 2. The van der Waals surface area contributed by atoms with Gasteiger partial charge in [-0.2, -0.15) is 0 Å². The van der Waals surface area contributed by atoms with Crippen LogP contribution in [0.4, 0.5) is 5.69 Å².